The normalized spacial score (nSPS) is 36.9. The van der Waals surface area contributed by atoms with Gasteiger partial charge in [-0.25, -0.2) is 0 Å². The number of rotatable bonds is 5. The Balaban J connectivity index is 1.95. The molecule has 0 heterocycles. The Labute approximate surface area is 128 Å². The van der Waals surface area contributed by atoms with Crippen LogP contribution in [-0.2, 0) is 4.79 Å². The van der Waals surface area contributed by atoms with Gasteiger partial charge in [0.25, 0.3) is 0 Å². The molecule has 0 unspecified atom stereocenters. The van der Waals surface area contributed by atoms with E-state index in [2.05, 4.69) is 13.0 Å². The lowest BCUT2D eigenvalue weighted by atomic mass is 9.59. The fourth-order valence-corrected chi connectivity index (χ4v) is 4.56. The van der Waals surface area contributed by atoms with Gasteiger partial charge >= 0.3 is 5.97 Å². The van der Waals surface area contributed by atoms with Crippen molar-refractivity contribution in [2.24, 2.45) is 23.2 Å². The van der Waals surface area contributed by atoms with Crippen molar-refractivity contribution in [3.63, 3.8) is 0 Å². The molecule has 2 saturated carbocycles. The number of carbonyl (C=O) groups is 1. The van der Waals surface area contributed by atoms with Gasteiger partial charge in [0, 0.05) is 5.92 Å². The topological polar surface area (TPSA) is 61.1 Å². The van der Waals surface area contributed by atoms with Gasteiger partial charge in [-0.1, -0.05) is 39.0 Å². The lowest BCUT2D eigenvalue weighted by Gasteiger charge is -2.44. The van der Waals surface area contributed by atoms with E-state index in [9.17, 15) is 9.90 Å². The highest BCUT2D eigenvalue weighted by Crippen LogP contribution is 2.50. The van der Waals surface area contributed by atoms with Crippen LogP contribution in [0.25, 0.3) is 0 Å². The molecular formula is C18H29NO2. The maximum Gasteiger partial charge on any atom is 0.309 e. The molecule has 0 aromatic carbocycles. The van der Waals surface area contributed by atoms with Gasteiger partial charge < -0.3 is 5.11 Å². The molecule has 0 bridgehead atoms. The third-order valence-corrected chi connectivity index (χ3v) is 6.08. The van der Waals surface area contributed by atoms with Crippen LogP contribution in [0.1, 0.15) is 77.6 Å². The summed E-state index contributed by atoms with van der Waals surface area (Å²) in [7, 11) is 0. The minimum atomic E-state index is -0.601. The minimum Gasteiger partial charge on any atom is -0.481 e. The molecule has 2 aliphatic carbocycles. The molecule has 0 saturated heterocycles. The Morgan fingerprint density at radius 2 is 1.81 bits per heavy atom. The maximum absolute atomic E-state index is 11.9. The number of aliphatic carboxylic acids is 1. The first-order chi connectivity index (χ1) is 10.1. The van der Waals surface area contributed by atoms with Gasteiger partial charge in [0.1, 0.15) is 0 Å². The van der Waals surface area contributed by atoms with Crippen molar-refractivity contribution in [2.75, 3.05) is 0 Å². The molecule has 118 valence electrons. The van der Waals surface area contributed by atoms with Crippen LogP contribution in [-0.4, -0.2) is 11.1 Å². The third-order valence-electron chi connectivity index (χ3n) is 6.08. The zero-order chi connectivity index (χ0) is 15.3. The second-order valence-electron chi connectivity index (χ2n) is 7.22. The number of unbranched alkanes of at least 4 members (excludes halogenated alkanes) is 1. The standard InChI is InChI=1S/C18H29NO2/c1-2-3-4-14-5-7-16(8-6-14)18(17(20)21)11-9-15(13-19)10-12-18/h14-16H,2-12H2,1H3,(H,20,21). The molecule has 2 fully saturated rings. The zero-order valence-corrected chi connectivity index (χ0v) is 13.3. The Bertz CT molecular complexity index is 383. The summed E-state index contributed by atoms with van der Waals surface area (Å²) in [6.45, 7) is 2.23. The van der Waals surface area contributed by atoms with E-state index in [1.165, 1.54) is 32.1 Å². The van der Waals surface area contributed by atoms with Gasteiger partial charge in [-0.3, -0.25) is 4.79 Å². The van der Waals surface area contributed by atoms with Crippen molar-refractivity contribution in [1.29, 1.82) is 5.26 Å². The van der Waals surface area contributed by atoms with Crippen molar-refractivity contribution in [3.05, 3.63) is 0 Å². The lowest BCUT2D eigenvalue weighted by Crippen LogP contribution is -2.43. The van der Waals surface area contributed by atoms with Crippen molar-refractivity contribution in [2.45, 2.75) is 77.6 Å². The Morgan fingerprint density at radius 3 is 2.29 bits per heavy atom. The van der Waals surface area contributed by atoms with Crippen LogP contribution in [0.15, 0.2) is 0 Å². The quantitative estimate of drug-likeness (QED) is 0.793. The SMILES string of the molecule is CCCCC1CCC(C2(C(=O)O)CCC(C#N)CC2)CC1. The molecule has 0 atom stereocenters. The average molecular weight is 291 g/mol. The predicted octanol–water partition coefficient (Wildman–Crippen LogP) is 4.77. The average Bonchev–Trinajstić information content (AvgIpc) is 2.53. The minimum absolute atomic E-state index is 0.0818. The van der Waals surface area contributed by atoms with E-state index in [0.717, 1.165) is 31.6 Å². The summed E-state index contributed by atoms with van der Waals surface area (Å²) in [6, 6.07) is 2.32. The highest BCUT2D eigenvalue weighted by Gasteiger charge is 2.48. The molecule has 21 heavy (non-hydrogen) atoms. The Kier molecular flexibility index (Phi) is 5.67. The second-order valence-corrected chi connectivity index (χ2v) is 7.22. The molecular weight excluding hydrogens is 262 g/mol. The fourth-order valence-electron chi connectivity index (χ4n) is 4.56. The first-order valence-electron chi connectivity index (χ1n) is 8.75. The van der Waals surface area contributed by atoms with Gasteiger partial charge in [-0.2, -0.15) is 5.26 Å². The van der Waals surface area contributed by atoms with E-state index in [1.54, 1.807) is 0 Å². The van der Waals surface area contributed by atoms with Crippen LogP contribution in [0.2, 0.25) is 0 Å². The molecule has 0 aliphatic heterocycles. The van der Waals surface area contributed by atoms with Crippen LogP contribution in [0.5, 0.6) is 0 Å². The van der Waals surface area contributed by atoms with E-state index >= 15 is 0 Å². The van der Waals surface area contributed by atoms with Crippen LogP contribution < -0.4 is 0 Å². The first kappa shape index (κ1) is 16.3. The van der Waals surface area contributed by atoms with Gasteiger partial charge in [-0.15, -0.1) is 0 Å². The van der Waals surface area contributed by atoms with Crippen LogP contribution in [0.3, 0.4) is 0 Å². The van der Waals surface area contributed by atoms with Crippen LogP contribution >= 0.6 is 0 Å². The number of nitriles is 1. The molecule has 0 aromatic rings. The summed E-state index contributed by atoms with van der Waals surface area (Å²) in [6.07, 6.45) is 11.4. The van der Waals surface area contributed by atoms with E-state index in [0.29, 0.717) is 18.8 Å². The first-order valence-corrected chi connectivity index (χ1v) is 8.75. The Hall–Kier alpha value is -1.04. The number of hydrogen-bond donors (Lipinski definition) is 1. The summed E-state index contributed by atoms with van der Waals surface area (Å²) in [5.41, 5.74) is -0.525. The van der Waals surface area contributed by atoms with E-state index in [-0.39, 0.29) is 5.92 Å². The predicted molar refractivity (Wildman–Crippen MR) is 82.6 cm³/mol. The van der Waals surface area contributed by atoms with Gasteiger partial charge in [0.15, 0.2) is 0 Å². The molecule has 3 heteroatoms. The number of nitrogens with zero attached hydrogens (tertiary/aromatic N) is 1. The largest absolute Gasteiger partial charge is 0.481 e. The molecule has 0 spiro atoms. The summed E-state index contributed by atoms with van der Waals surface area (Å²) in [5, 5.41) is 18.9. The molecule has 1 N–H and O–H groups in total. The summed E-state index contributed by atoms with van der Waals surface area (Å²) >= 11 is 0. The number of carboxylic acid groups (broad SMARTS) is 1. The van der Waals surface area contributed by atoms with Gasteiger partial charge in [0.05, 0.1) is 11.5 Å². The molecule has 0 aromatic heterocycles. The van der Waals surface area contributed by atoms with Crippen molar-refractivity contribution >= 4 is 5.97 Å². The summed E-state index contributed by atoms with van der Waals surface area (Å²) < 4.78 is 0. The van der Waals surface area contributed by atoms with E-state index in [1.807, 2.05) is 0 Å². The fraction of sp³-hybridized carbons (Fsp3) is 0.889. The third kappa shape index (κ3) is 3.59. The molecule has 0 amide bonds. The van der Waals surface area contributed by atoms with Gasteiger partial charge in [0.2, 0.25) is 0 Å². The van der Waals surface area contributed by atoms with E-state index in [4.69, 9.17) is 5.26 Å². The molecule has 3 nitrogen and oxygen atoms in total. The Morgan fingerprint density at radius 1 is 1.19 bits per heavy atom. The van der Waals surface area contributed by atoms with E-state index < -0.39 is 11.4 Å². The summed E-state index contributed by atoms with van der Waals surface area (Å²) in [4.78, 5) is 11.9. The highest BCUT2D eigenvalue weighted by molar-refractivity contribution is 5.75. The van der Waals surface area contributed by atoms with Crippen molar-refractivity contribution in [3.8, 4) is 6.07 Å². The smallest absolute Gasteiger partial charge is 0.309 e. The second kappa shape index (κ2) is 7.29. The van der Waals surface area contributed by atoms with Crippen molar-refractivity contribution < 1.29 is 9.90 Å². The van der Waals surface area contributed by atoms with Crippen molar-refractivity contribution in [1.82, 2.24) is 0 Å². The van der Waals surface area contributed by atoms with Crippen LogP contribution in [0, 0.1) is 34.5 Å². The van der Waals surface area contributed by atoms with Gasteiger partial charge in [-0.05, 0) is 50.4 Å². The molecule has 2 rings (SSSR count). The zero-order valence-electron chi connectivity index (χ0n) is 13.3. The van der Waals surface area contributed by atoms with Crippen LogP contribution in [0.4, 0.5) is 0 Å². The molecule has 2 aliphatic rings. The highest BCUT2D eigenvalue weighted by atomic mass is 16.4. The lowest BCUT2D eigenvalue weighted by molar-refractivity contribution is -0.157. The maximum atomic E-state index is 11.9. The summed E-state index contributed by atoms with van der Waals surface area (Å²) in [5.74, 6) is 0.643. The monoisotopic (exact) mass is 291 g/mol. The number of carboxylic acids is 1. The molecule has 0 radical (unpaired) electrons. The number of hydrogen-bond acceptors (Lipinski definition) is 2.